The lowest BCUT2D eigenvalue weighted by molar-refractivity contribution is 0.112. The van der Waals surface area contributed by atoms with E-state index in [1.807, 2.05) is 78.9 Å². The Labute approximate surface area is 130 Å². The summed E-state index contributed by atoms with van der Waals surface area (Å²) in [5, 5.41) is 0. The van der Waals surface area contributed by atoms with Crippen LogP contribution in [0.2, 0.25) is 0 Å². The van der Waals surface area contributed by atoms with Crippen LogP contribution in [0.1, 0.15) is 21.5 Å². The molecule has 22 heavy (non-hydrogen) atoms. The topological polar surface area (TPSA) is 17.1 Å². The van der Waals surface area contributed by atoms with Crippen molar-refractivity contribution < 1.29 is 4.79 Å². The Morgan fingerprint density at radius 3 is 1.95 bits per heavy atom. The van der Waals surface area contributed by atoms with Crippen molar-refractivity contribution in [3.05, 3.63) is 95.6 Å². The van der Waals surface area contributed by atoms with Gasteiger partial charge < -0.3 is 0 Å². The third kappa shape index (κ3) is 3.31. The number of aldehydes is 1. The second-order valence-electron chi connectivity index (χ2n) is 4.94. The number of rotatable bonds is 2. The Morgan fingerprint density at radius 2 is 1.27 bits per heavy atom. The molecule has 1 heteroatoms. The van der Waals surface area contributed by atoms with E-state index in [0.717, 1.165) is 28.5 Å². The van der Waals surface area contributed by atoms with Crippen molar-refractivity contribution in [1.82, 2.24) is 0 Å². The quantitative estimate of drug-likeness (QED) is 0.497. The summed E-state index contributed by atoms with van der Waals surface area (Å²) in [5.74, 6) is 6.26. The van der Waals surface area contributed by atoms with Crippen molar-refractivity contribution >= 4 is 6.29 Å². The Kier molecular flexibility index (Phi) is 4.13. The summed E-state index contributed by atoms with van der Waals surface area (Å²) in [6.45, 7) is 0. The molecule has 0 aliphatic carbocycles. The van der Waals surface area contributed by atoms with Gasteiger partial charge in [-0.3, -0.25) is 4.79 Å². The average molecular weight is 282 g/mol. The molecule has 0 unspecified atom stereocenters. The SMILES string of the molecule is O=Cc1cc(C#Cc2ccccc2)cc(-c2ccccc2)c1. The predicted octanol–water partition coefficient (Wildman–Crippen LogP) is 4.57. The van der Waals surface area contributed by atoms with Crippen LogP contribution in [0.25, 0.3) is 11.1 Å². The maximum Gasteiger partial charge on any atom is 0.150 e. The van der Waals surface area contributed by atoms with E-state index in [2.05, 4.69) is 11.8 Å². The molecule has 0 aliphatic rings. The highest BCUT2D eigenvalue weighted by atomic mass is 16.1. The lowest BCUT2D eigenvalue weighted by Crippen LogP contribution is -1.87. The summed E-state index contributed by atoms with van der Waals surface area (Å²) in [4.78, 5) is 11.2. The molecular weight excluding hydrogens is 268 g/mol. The highest BCUT2D eigenvalue weighted by Crippen LogP contribution is 2.21. The monoisotopic (exact) mass is 282 g/mol. The van der Waals surface area contributed by atoms with Gasteiger partial charge in [0.25, 0.3) is 0 Å². The molecule has 0 atom stereocenters. The van der Waals surface area contributed by atoms with Gasteiger partial charge in [0.1, 0.15) is 6.29 Å². The van der Waals surface area contributed by atoms with Crippen LogP contribution in [0.15, 0.2) is 78.9 Å². The molecule has 3 aromatic rings. The zero-order valence-corrected chi connectivity index (χ0v) is 12.0. The normalized spacial score (nSPS) is 9.64. The molecule has 1 nitrogen and oxygen atoms in total. The minimum atomic E-state index is 0.638. The van der Waals surface area contributed by atoms with E-state index >= 15 is 0 Å². The summed E-state index contributed by atoms with van der Waals surface area (Å²) in [5.41, 5.74) is 4.52. The molecule has 0 radical (unpaired) electrons. The fourth-order valence-electron chi connectivity index (χ4n) is 2.25. The molecule has 0 saturated carbocycles. The van der Waals surface area contributed by atoms with E-state index in [4.69, 9.17) is 0 Å². The maximum absolute atomic E-state index is 11.2. The Bertz CT molecular complexity index is 837. The van der Waals surface area contributed by atoms with E-state index in [9.17, 15) is 4.79 Å². The largest absolute Gasteiger partial charge is 0.298 e. The van der Waals surface area contributed by atoms with Crippen molar-refractivity contribution in [2.45, 2.75) is 0 Å². The third-order valence-electron chi connectivity index (χ3n) is 3.32. The molecule has 0 saturated heterocycles. The van der Waals surface area contributed by atoms with Gasteiger partial charge in [-0.2, -0.15) is 0 Å². The fraction of sp³-hybridized carbons (Fsp3) is 0. The van der Waals surface area contributed by atoms with Gasteiger partial charge in [0.05, 0.1) is 0 Å². The van der Waals surface area contributed by atoms with Gasteiger partial charge in [0.2, 0.25) is 0 Å². The smallest absolute Gasteiger partial charge is 0.150 e. The minimum absolute atomic E-state index is 0.638. The average Bonchev–Trinajstić information content (AvgIpc) is 2.61. The van der Waals surface area contributed by atoms with Crippen LogP contribution < -0.4 is 0 Å². The first kappa shape index (κ1) is 13.9. The first-order valence-electron chi connectivity index (χ1n) is 7.08. The number of benzene rings is 3. The van der Waals surface area contributed by atoms with Gasteiger partial charge in [-0.05, 0) is 41.5 Å². The molecular formula is C21H14O. The van der Waals surface area contributed by atoms with Crippen LogP contribution in [0, 0.1) is 11.8 Å². The van der Waals surface area contributed by atoms with Gasteiger partial charge >= 0.3 is 0 Å². The highest BCUT2D eigenvalue weighted by molar-refractivity contribution is 5.80. The first-order chi connectivity index (χ1) is 10.8. The zero-order valence-electron chi connectivity index (χ0n) is 12.0. The van der Waals surface area contributed by atoms with E-state index in [-0.39, 0.29) is 0 Å². The summed E-state index contributed by atoms with van der Waals surface area (Å²) in [6, 6.07) is 25.5. The molecule has 0 bridgehead atoms. The third-order valence-corrected chi connectivity index (χ3v) is 3.32. The zero-order chi connectivity index (χ0) is 15.2. The lowest BCUT2D eigenvalue weighted by atomic mass is 10.00. The molecule has 0 aromatic heterocycles. The van der Waals surface area contributed by atoms with Crippen LogP contribution in [-0.2, 0) is 0 Å². The van der Waals surface area contributed by atoms with Gasteiger partial charge in [-0.1, -0.05) is 60.4 Å². The van der Waals surface area contributed by atoms with Crippen LogP contribution in [0.5, 0.6) is 0 Å². The van der Waals surface area contributed by atoms with Crippen molar-refractivity contribution in [2.24, 2.45) is 0 Å². The second-order valence-corrected chi connectivity index (χ2v) is 4.94. The Morgan fingerprint density at radius 1 is 0.636 bits per heavy atom. The second kappa shape index (κ2) is 6.56. The minimum Gasteiger partial charge on any atom is -0.298 e. The summed E-state index contributed by atoms with van der Waals surface area (Å²) in [6.07, 6.45) is 0.861. The van der Waals surface area contributed by atoms with Gasteiger partial charge in [-0.15, -0.1) is 0 Å². The van der Waals surface area contributed by atoms with Crippen molar-refractivity contribution in [3.8, 4) is 23.0 Å². The van der Waals surface area contributed by atoms with E-state index in [1.165, 1.54) is 0 Å². The number of hydrogen-bond acceptors (Lipinski definition) is 1. The van der Waals surface area contributed by atoms with Crippen molar-refractivity contribution in [2.75, 3.05) is 0 Å². The summed E-state index contributed by atoms with van der Waals surface area (Å²) < 4.78 is 0. The summed E-state index contributed by atoms with van der Waals surface area (Å²) in [7, 11) is 0. The summed E-state index contributed by atoms with van der Waals surface area (Å²) >= 11 is 0. The van der Waals surface area contributed by atoms with E-state index in [0.29, 0.717) is 5.56 Å². The molecule has 0 aliphatic heterocycles. The maximum atomic E-state index is 11.2. The fourth-order valence-corrected chi connectivity index (χ4v) is 2.25. The van der Waals surface area contributed by atoms with Crippen molar-refractivity contribution in [3.63, 3.8) is 0 Å². The molecule has 0 heterocycles. The Balaban J connectivity index is 2.02. The van der Waals surface area contributed by atoms with Crippen LogP contribution in [-0.4, -0.2) is 6.29 Å². The molecule has 0 N–H and O–H groups in total. The predicted molar refractivity (Wildman–Crippen MR) is 89.7 cm³/mol. The van der Waals surface area contributed by atoms with Gasteiger partial charge in [0.15, 0.2) is 0 Å². The molecule has 0 spiro atoms. The van der Waals surface area contributed by atoms with Crippen LogP contribution in [0.4, 0.5) is 0 Å². The van der Waals surface area contributed by atoms with E-state index < -0.39 is 0 Å². The molecule has 0 fully saturated rings. The Hall–Kier alpha value is -3.11. The number of carbonyl (C=O) groups excluding carboxylic acids is 1. The molecule has 0 amide bonds. The lowest BCUT2D eigenvalue weighted by Gasteiger charge is -2.04. The highest BCUT2D eigenvalue weighted by Gasteiger charge is 2.01. The van der Waals surface area contributed by atoms with Gasteiger partial charge in [-0.25, -0.2) is 0 Å². The van der Waals surface area contributed by atoms with Crippen molar-refractivity contribution in [1.29, 1.82) is 0 Å². The molecule has 104 valence electrons. The molecule has 3 aromatic carbocycles. The van der Waals surface area contributed by atoms with E-state index in [1.54, 1.807) is 0 Å². The number of hydrogen-bond donors (Lipinski definition) is 0. The first-order valence-corrected chi connectivity index (χ1v) is 7.08. The standard InChI is InChI=1S/C21H14O/c22-16-19-13-18(12-11-17-7-3-1-4-8-17)14-21(15-19)20-9-5-2-6-10-20/h1-10,13-16H. The van der Waals surface area contributed by atoms with Crippen LogP contribution in [0.3, 0.4) is 0 Å². The van der Waals surface area contributed by atoms with Gasteiger partial charge in [0, 0.05) is 16.7 Å². The molecule has 3 rings (SSSR count). The van der Waals surface area contributed by atoms with Crippen LogP contribution >= 0.6 is 0 Å². The number of carbonyl (C=O) groups is 1.